The second-order valence-electron chi connectivity index (χ2n) is 6.32. The minimum atomic E-state index is -3.53. The Morgan fingerprint density at radius 2 is 1.92 bits per heavy atom. The van der Waals surface area contributed by atoms with E-state index in [4.69, 9.17) is 0 Å². The van der Waals surface area contributed by atoms with Crippen molar-refractivity contribution in [2.24, 2.45) is 0 Å². The Balaban J connectivity index is 0.00000243. The Bertz CT molecular complexity index is 890. The number of anilines is 1. The van der Waals surface area contributed by atoms with E-state index in [9.17, 15) is 13.2 Å². The summed E-state index contributed by atoms with van der Waals surface area (Å²) < 4.78 is 23.2. The van der Waals surface area contributed by atoms with Crippen LogP contribution >= 0.6 is 23.7 Å². The number of hydrogen-bond donors (Lipinski definition) is 2. The molecule has 1 aliphatic heterocycles. The molecule has 0 unspecified atom stereocenters. The number of nitrogens with zero attached hydrogens (tertiary/aromatic N) is 1. The molecule has 0 radical (unpaired) electrons. The van der Waals surface area contributed by atoms with Gasteiger partial charge in [0.2, 0.25) is 5.91 Å². The largest absolute Gasteiger partial charge is 0.317 e. The van der Waals surface area contributed by atoms with Crippen molar-refractivity contribution >= 4 is 44.6 Å². The maximum absolute atomic E-state index is 12.8. The van der Waals surface area contributed by atoms with E-state index in [1.807, 2.05) is 36.6 Å². The van der Waals surface area contributed by atoms with Gasteiger partial charge < -0.3 is 10.6 Å². The number of sulfone groups is 1. The number of aromatic nitrogens is 1. The second-order valence-corrected chi connectivity index (χ2v) is 9.51. The second kappa shape index (κ2) is 8.04. The third kappa shape index (κ3) is 3.93. The van der Waals surface area contributed by atoms with Crippen LogP contribution in [-0.2, 0) is 14.6 Å². The highest BCUT2D eigenvalue weighted by atomic mass is 35.5. The molecule has 0 aliphatic carbocycles. The molecule has 1 amide bonds. The normalized spacial score (nSPS) is 16.5. The summed E-state index contributed by atoms with van der Waals surface area (Å²) in [6, 6.07) is 7.87. The van der Waals surface area contributed by atoms with Crippen LogP contribution in [0.15, 0.2) is 29.6 Å². The molecule has 26 heavy (non-hydrogen) atoms. The summed E-state index contributed by atoms with van der Waals surface area (Å²) in [5, 5.41) is 8.12. The van der Waals surface area contributed by atoms with Crippen LogP contribution in [0.3, 0.4) is 0 Å². The number of rotatable bonds is 4. The number of aryl methyl sites for hydroxylation is 1. The number of benzene rings is 1. The molecule has 0 spiro atoms. The molecule has 6 nitrogen and oxygen atoms in total. The fraction of sp³-hybridized carbons (Fsp3) is 0.412. The van der Waals surface area contributed by atoms with Crippen molar-refractivity contribution in [3.05, 3.63) is 35.2 Å². The van der Waals surface area contributed by atoms with Gasteiger partial charge in [0.05, 0.1) is 5.69 Å². The number of amides is 1. The smallest absolute Gasteiger partial charge is 0.247 e. The first kappa shape index (κ1) is 20.8. The summed E-state index contributed by atoms with van der Waals surface area (Å²) in [6.07, 6.45) is 1.68. The van der Waals surface area contributed by atoms with Crippen LogP contribution in [0.25, 0.3) is 11.3 Å². The summed E-state index contributed by atoms with van der Waals surface area (Å²) in [6.45, 7) is 3.01. The molecule has 2 aromatic rings. The summed E-state index contributed by atoms with van der Waals surface area (Å²) in [5.74, 6) is -0.484. The van der Waals surface area contributed by atoms with Gasteiger partial charge in [-0.25, -0.2) is 13.4 Å². The highest BCUT2D eigenvalue weighted by Crippen LogP contribution is 2.31. The van der Waals surface area contributed by atoms with Gasteiger partial charge in [-0.1, -0.05) is 24.3 Å². The zero-order valence-corrected chi connectivity index (χ0v) is 17.1. The van der Waals surface area contributed by atoms with Crippen molar-refractivity contribution in [2.75, 3.05) is 24.7 Å². The number of halogens is 1. The summed E-state index contributed by atoms with van der Waals surface area (Å²) in [7, 11) is -3.53. The van der Waals surface area contributed by atoms with Gasteiger partial charge in [0, 0.05) is 17.2 Å². The lowest BCUT2D eigenvalue weighted by Crippen LogP contribution is -2.55. The van der Waals surface area contributed by atoms with Gasteiger partial charge in [-0.05, 0) is 38.4 Å². The number of thiazole rings is 1. The Morgan fingerprint density at radius 1 is 1.27 bits per heavy atom. The van der Waals surface area contributed by atoms with E-state index in [1.54, 1.807) is 0 Å². The van der Waals surface area contributed by atoms with E-state index < -0.39 is 20.5 Å². The first-order valence-electron chi connectivity index (χ1n) is 8.07. The predicted molar refractivity (Wildman–Crippen MR) is 108 cm³/mol. The summed E-state index contributed by atoms with van der Waals surface area (Å²) in [4.78, 5) is 17.3. The van der Waals surface area contributed by atoms with E-state index >= 15 is 0 Å². The maximum Gasteiger partial charge on any atom is 0.247 e. The average Bonchev–Trinajstić information content (AvgIpc) is 3.03. The van der Waals surface area contributed by atoms with E-state index in [1.165, 1.54) is 11.3 Å². The molecular weight excluding hydrogens is 394 g/mol. The summed E-state index contributed by atoms with van der Waals surface area (Å²) in [5.41, 5.74) is 2.87. The maximum atomic E-state index is 12.8. The third-order valence-electron chi connectivity index (χ3n) is 4.68. The summed E-state index contributed by atoms with van der Waals surface area (Å²) >= 11 is 1.30. The van der Waals surface area contributed by atoms with Crippen molar-refractivity contribution < 1.29 is 13.2 Å². The van der Waals surface area contributed by atoms with E-state index in [0.717, 1.165) is 23.1 Å². The molecule has 0 atom stereocenters. The average molecular weight is 416 g/mol. The van der Waals surface area contributed by atoms with Gasteiger partial charge in [0.1, 0.15) is 0 Å². The molecule has 0 bridgehead atoms. The Morgan fingerprint density at radius 3 is 2.54 bits per heavy atom. The Labute approximate surface area is 163 Å². The van der Waals surface area contributed by atoms with Gasteiger partial charge in [0.25, 0.3) is 0 Å². The van der Waals surface area contributed by atoms with Gasteiger partial charge >= 0.3 is 0 Å². The van der Waals surface area contributed by atoms with Crippen LogP contribution in [-0.4, -0.2) is 43.4 Å². The lowest BCUT2D eigenvalue weighted by atomic mass is 9.96. The molecule has 1 aliphatic rings. The minimum absolute atomic E-state index is 0. The number of piperidine rings is 1. The van der Waals surface area contributed by atoms with Crippen molar-refractivity contribution in [1.82, 2.24) is 10.3 Å². The number of nitrogens with one attached hydrogen (secondary N) is 2. The molecule has 9 heteroatoms. The SMILES string of the molecule is Cc1ccccc1-c1csc(NC(=O)C2(S(C)(=O)=O)CCNCC2)n1.Cl. The minimum Gasteiger partial charge on any atom is -0.317 e. The van der Waals surface area contributed by atoms with Gasteiger partial charge in [-0.2, -0.15) is 0 Å². The van der Waals surface area contributed by atoms with E-state index in [2.05, 4.69) is 15.6 Å². The fourth-order valence-electron chi connectivity index (χ4n) is 3.12. The lowest BCUT2D eigenvalue weighted by Gasteiger charge is -2.33. The molecule has 1 saturated heterocycles. The van der Waals surface area contributed by atoms with Crippen LogP contribution < -0.4 is 10.6 Å². The molecule has 0 saturated carbocycles. The standard InChI is InChI=1S/C17H21N3O3S2.ClH/c1-12-5-3-4-6-13(12)14-11-24-16(19-14)20-15(21)17(25(2,22)23)7-9-18-10-8-17;/h3-6,11,18H,7-10H2,1-2H3,(H,19,20,21);1H. The number of carbonyl (C=O) groups excluding carboxylic acids is 1. The first-order chi connectivity index (χ1) is 11.8. The third-order valence-corrected chi connectivity index (χ3v) is 7.45. The fourth-order valence-corrected chi connectivity index (χ4v) is 5.16. The van der Waals surface area contributed by atoms with Crippen LogP contribution in [0.2, 0.25) is 0 Å². The van der Waals surface area contributed by atoms with Gasteiger partial charge in [-0.3, -0.25) is 4.79 Å². The van der Waals surface area contributed by atoms with Crippen molar-refractivity contribution in [1.29, 1.82) is 0 Å². The number of hydrogen-bond acceptors (Lipinski definition) is 6. The molecule has 3 rings (SSSR count). The molecule has 2 heterocycles. The molecular formula is C17H22ClN3O3S2. The van der Waals surface area contributed by atoms with Crippen LogP contribution in [0.4, 0.5) is 5.13 Å². The quantitative estimate of drug-likeness (QED) is 0.801. The van der Waals surface area contributed by atoms with Crippen LogP contribution in [0.1, 0.15) is 18.4 Å². The predicted octanol–water partition coefficient (Wildman–Crippen LogP) is 2.65. The zero-order chi connectivity index (χ0) is 18.1. The van der Waals surface area contributed by atoms with Crippen molar-refractivity contribution in [2.45, 2.75) is 24.5 Å². The van der Waals surface area contributed by atoms with Gasteiger partial charge in [-0.15, -0.1) is 23.7 Å². The molecule has 142 valence electrons. The molecule has 1 aromatic heterocycles. The van der Waals surface area contributed by atoms with Gasteiger partial charge in [0.15, 0.2) is 19.7 Å². The van der Waals surface area contributed by atoms with Crippen molar-refractivity contribution in [3.63, 3.8) is 0 Å². The first-order valence-corrected chi connectivity index (χ1v) is 10.8. The van der Waals surface area contributed by atoms with E-state index in [0.29, 0.717) is 18.2 Å². The lowest BCUT2D eigenvalue weighted by molar-refractivity contribution is -0.119. The van der Waals surface area contributed by atoms with Crippen molar-refractivity contribution in [3.8, 4) is 11.3 Å². The molecule has 2 N–H and O–H groups in total. The van der Waals surface area contributed by atoms with Crippen LogP contribution in [0, 0.1) is 6.92 Å². The topological polar surface area (TPSA) is 88.2 Å². The molecule has 1 fully saturated rings. The van der Waals surface area contributed by atoms with E-state index in [-0.39, 0.29) is 25.2 Å². The monoisotopic (exact) mass is 415 g/mol. The number of carbonyl (C=O) groups is 1. The highest BCUT2D eigenvalue weighted by molar-refractivity contribution is 7.92. The Kier molecular flexibility index (Phi) is 6.44. The highest BCUT2D eigenvalue weighted by Gasteiger charge is 2.48. The van der Waals surface area contributed by atoms with Crippen LogP contribution in [0.5, 0.6) is 0 Å². The Hall–Kier alpha value is -1.48. The zero-order valence-electron chi connectivity index (χ0n) is 14.6. The molecule has 1 aromatic carbocycles.